The molecule has 9 heteroatoms. The lowest BCUT2D eigenvalue weighted by molar-refractivity contribution is 0.381. The second-order valence-corrected chi connectivity index (χ2v) is 6.42. The van der Waals surface area contributed by atoms with E-state index in [0.717, 1.165) is 49.2 Å². The maximum Gasteiger partial charge on any atom is 0.201 e. The minimum Gasteiger partial charge on any atom is -0.356 e. The number of anilines is 1. The van der Waals surface area contributed by atoms with Crippen molar-refractivity contribution in [3.63, 3.8) is 0 Å². The highest BCUT2D eigenvalue weighted by Gasteiger charge is 2.22. The average Bonchev–Trinajstić information content (AvgIpc) is 2.89. The van der Waals surface area contributed by atoms with Gasteiger partial charge in [-0.05, 0) is 25.2 Å². The molecule has 2 aromatic heterocycles. The predicted octanol–water partition coefficient (Wildman–Crippen LogP) is 0.0858. The largest absolute Gasteiger partial charge is 0.356 e. The third-order valence-corrected chi connectivity index (χ3v) is 4.70. The number of hydrogen-bond acceptors (Lipinski definition) is 6. The first kappa shape index (κ1) is 15.2. The first-order valence-corrected chi connectivity index (χ1v) is 8.58. The van der Waals surface area contributed by atoms with Gasteiger partial charge in [0.05, 0.1) is 11.6 Å². The fraction of sp³-hybridized carbons (Fsp3) is 0.615. The summed E-state index contributed by atoms with van der Waals surface area (Å²) < 4.78 is 25.2. The summed E-state index contributed by atoms with van der Waals surface area (Å²) in [6.07, 6.45) is 6.38. The molecule has 8 nitrogen and oxygen atoms in total. The number of fused-ring (bicyclic) bond motifs is 1. The van der Waals surface area contributed by atoms with Crippen molar-refractivity contribution >= 4 is 27.7 Å². The summed E-state index contributed by atoms with van der Waals surface area (Å²) in [5.41, 5.74) is 0.843. The maximum absolute atomic E-state index is 10.5. The SMILES string of the molecule is Cn1ncc2c(N3CCC(CCN[SH](=O)=O)CC3)ncnc21. The van der Waals surface area contributed by atoms with E-state index >= 15 is 0 Å². The molecule has 0 amide bonds. The lowest BCUT2D eigenvalue weighted by Crippen LogP contribution is -2.35. The molecule has 1 fully saturated rings. The molecule has 3 rings (SSSR count). The number of rotatable bonds is 5. The van der Waals surface area contributed by atoms with E-state index in [1.807, 2.05) is 13.2 Å². The quantitative estimate of drug-likeness (QED) is 0.757. The van der Waals surface area contributed by atoms with Crippen LogP contribution in [0.15, 0.2) is 12.5 Å². The number of aryl methyl sites for hydroxylation is 1. The van der Waals surface area contributed by atoms with Crippen LogP contribution in [-0.2, 0) is 17.9 Å². The molecule has 2 aromatic rings. The Morgan fingerprint density at radius 2 is 2.09 bits per heavy atom. The van der Waals surface area contributed by atoms with Crippen molar-refractivity contribution < 1.29 is 8.42 Å². The van der Waals surface area contributed by atoms with Gasteiger partial charge in [-0.25, -0.2) is 23.1 Å². The Morgan fingerprint density at radius 1 is 1.32 bits per heavy atom. The van der Waals surface area contributed by atoms with Crippen LogP contribution in [0, 0.1) is 5.92 Å². The van der Waals surface area contributed by atoms with Gasteiger partial charge in [-0.1, -0.05) is 0 Å². The Morgan fingerprint density at radius 3 is 2.82 bits per heavy atom. The monoisotopic (exact) mass is 324 g/mol. The van der Waals surface area contributed by atoms with E-state index < -0.39 is 10.9 Å². The molecule has 0 unspecified atom stereocenters. The van der Waals surface area contributed by atoms with Gasteiger partial charge in [-0.15, -0.1) is 0 Å². The van der Waals surface area contributed by atoms with Gasteiger partial charge in [0.1, 0.15) is 12.1 Å². The summed E-state index contributed by atoms with van der Waals surface area (Å²) in [4.78, 5) is 11.0. The first-order valence-electron chi connectivity index (χ1n) is 7.40. The molecule has 1 aliphatic heterocycles. The molecule has 1 saturated heterocycles. The fourth-order valence-corrected chi connectivity index (χ4v) is 3.31. The van der Waals surface area contributed by atoms with E-state index in [2.05, 4.69) is 24.7 Å². The number of thiol groups is 1. The second-order valence-electron chi connectivity index (χ2n) is 5.59. The van der Waals surface area contributed by atoms with Crippen LogP contribution in [0.25, 0.3) is 11.0 Å². The minimum atomic E-state index is -2.48. The van der Waals surface area contributed by atoms with Gasteiger partial charge in [0.15, 0.2) is 5.65 Å². The van der Waals surface area contributed by atoms with E-state index in [9.17, 15) is 8.42 Å². The highest BCUT2D eigenvalue weighted by molar-refractivity contribution is 7.70. The van der Waals surface area contributed by atoms with Crippen LogP contribution in [0.2, 0.25) is 0 Å². The summed E-state index contributed by atoms with van der Waals surface area (Å²) in [7, 11) is -0.602. The summed E-state index contributed by atoms with van der Waals surface area (Å²) in [5.74, 6) is 1.50. The van der Waals surface area contributed by atoms with Crippen LogP contribution in [-0.4, -0.2) is 47.8 Å². The van der Waals surface area contributed by atoms with Crippen LogP contribution in [0.1, 0.15) is 19.3 Å². The van der Waals surface area contributed by atoms with Crippen molar-refractivity contribution in [2.75, 3.05) is 24.5 Å². The molecule has 0 bridgehead atoms. The van der Waals surface area contributed by atoms with E-state index in [4.69, 9.17) is 0 Å². The van der Waals surface area contributed by atoms with Crippen molar-refractivity contribution in [3.8, 4) is 0 Å². The Kier molecular flexibility index (Phi) is 4.53. The lowest BCUT2D eigenvalue weighted by atomic mass is 9.93. The van der Waals surface area contributed by atoms with Crippen molar-refractivity contribution in [2.45, 2.75) is 19.3 Å². The van der Waals surface area contributed by atoms with Gasteiger partial charge in [0.2, 0.25) is 10.9 Å². The number of hydrogen-bond donors (Lipinski definition) is 2. The van der Waals surface area contributed by atoms with E-state index in [1.54, 1.807) is 11.0 Å². The van der Waals surface area contributed by atoms with Crippen LogP contribution >= 0.6 is 0 Å². The van der Waals surface area contributed by atoms with E-state index in [-0.39, 0.29) is 0 Å². The van der Waals surface area contributed by atoms with Crippen molar-refractivity contribution in [1.82, 2.24) is 24.5 Å². The topological polar surface area (TPSA) is 93.0 Å². The number of aromatic nitrogens is 4. The molecule has 22 heavy (non-hydrogen) atoms. The standard InChI is InChI=1S/C13H20N6O2S/c1-18-12-11(8-16-18)13(15-9-14-12)19-6-3-10(4-7-19)2-5-17-22(20)21/h8-10,22H,2-7H2,1H3,(H,17,20,21). The minimum absolute atomic E-state index is 0.531. The molecular formula is C13H20N6O2S. The van der Waals surface area contributed by atoms with Crippen LogP contribution < -0.4 is 9.62 Å². The summed E-state index contributed by atoms with van der Waals surface area (Å²) >= 11 is 0. The molecular weight excluding hydrogens is 304 g/mol. The number of nitrogens with one attached hydrogen (secondary N) is 1. The first-order chi connectivity index (χ1) is 10.6. The second kappa shape index (κ2) is 6.57. The molecule has 0 saturated carbocycles. The summed E-state index contributed by atoms with van der Waals surface area (Å²) in [6.45, 7) is 2.38. The lowest BCUT2D eigenvalue weighted by Gasteiger charge is -2.32. The van der Waals surface area contributed by atoms with Crippen molar-refractivity contribution in [1.29, 1.82) is 0 Å². The normalized spacial score (nSPS) is 16.7. The summed E-state index contributed by atoms with van der Waals surface area (Å²) in [5, 5.41) is 5.23. The smallest absolute Gasteiger partial charge is 0.201 e. The van der Waals surface area contributed by atoms with Gasteiger partial charge in [0, 0.05) is 26.7 Å². The molecule has 1 N–H and O–H groups in total. The molecule has 1 aliphatic rings. The van der Waals surface area contributed by atoms with Crippen molar-refractivity contribution in [3.05, 3.63) is 12.5 Å². The molecule has 0 radical (unpaired) electrons. The average molecular weight is 324 g/mol. The highest BCUT2D eigenvalue weighted by Crippen LogP contribution is 2.27. The highest BCUT2D eigenvalue weighted by atomic mass is 32.2. The summed E-state index contributed by atoms with van der Waals surface area (Å²) in [6, 6.07) is 0. The molecule has 3 heterocycles. The van der Waals surface area contributed by atoms with Gasteiger partial charge >= 0.3 is 0 Å². The van der Waals surface area contributed by atoms with E-state index in [0.29, 0.717) is 12.5 Å². The maximum atomic E-state index is 10.5. The van der Waals surface area contributed by atoms with Gasteiger partial charge in [-0.3, -0.25) is 4.68 Å². The Hall–Kier alpha value is -1.74. The molecule has 0 atom stereocenters. The zero-order valence-electron chi connectivity index (χ0n) is 12.5. The zero-order chi connectivity index (χ0) is 15.5. The Balaban J connectivity index is 1.63. The fourth-order valence-electron chi connectivity index (χ4n) is 3.00. The molecule has 120 valence electrons. The van der Waals surface area contributed by atoms with Crippen molar-refractivity contribution in [2.24, 2.45) is 13.0 Å². The van der Waals surface area contributed by atoms with Gasteiger partial charge < -0.3 is 4.90 Å². The predicted molar refractivity (Wildman–Crippen MR) is 84.2 cm³/mol. The van der Waals surface area contributed by atoms with Crippen LogP contribution in [0.3, 0.4) is 0 Å². The van der Waals surface area contributed by atoms with E-state index in [1.165, 1.54) is 0 Å². The van der Waals surface area contributed by atoms with Crippen LogP contribution in [0.5, 0.6) is 0 Å². The third-order valence-electron chi connectivity index (χ3n) is 4.22. The molecule has 0 aromatic carbocycles. The molecule has 0 spiro atoms. The molecule has 0 aliphatic carbocycles. The van der Waals surface area contributed by atoms with Gasteiger partial charge in [-0.2, -0.15) is 5.10 Å². The number of nitrogens with zero attached hydrogens (tertiary/aromatic N) is 5. The van der Waals surface area contributed by atoms with Crippen LogP contribution in [0.4, 0.5) is 5.82 Å². The Bertz CT molecular complexity index is 712. The van der Waals surface area contributed by atoms with Gasteiger partial charge in [0.25, 0.3) is 0 Å². The number of piperidine rings is 1. The zero-order valence-corrected chi connectivity index (χ0v) is 13.4. The third kappa shape index (κ3) is 3.20. The Labute approximate surface area is 130 Å².